The fraction of sp³-hybridized carbons (Fsp3) is 0.846. The monoisotopic (exact) mass is 284 g/mol. The molecule has 0 aromatic carbocycles. The molecular weight excluding hydrogens is 260 g/mol. The number of rotatable bonds is 5. The molecule has 0 radical (unpaired) electrons. The van der Waals surface area contributed by atoms with E-state index >= 15 is 0 Å². The van der Waals surface area contributed by atoms with Gasteiger partial charge in [0, 0.05) is 44.1 Å². The first-order valence-electron chi connectivity index (χ1n) is 7.20. The lowest BCUT2D eigenvalue weighted by molar-refractivity contribution is 0.113. The van der Waals surface area contributed by atoms with Crippen LogP contribution >= 0.6 is 11.5 Å². The predicted octanol–water partition coefficient (Wildman–Crippen LogP) is 1.38. The van der Waals surface area contributed by atoms with Crippen LogP contribution in [0.3, 0.4) is 0 Å². The highest BCUT2D eigenvalue weighted by Gasteiger charge is 2.19. The number of aryl methyl sites for hydroxylation is 1. The normalized spacial score (nSPS) is 19.4. The number of anilines is 1. The Morgan fingerprint density at radius 1 is 1.26 bits per heavy atom. The van der Waals surface area contributed by atoms with E-state index in [-0.39, 0.29) is 6.10 Å². The Balaban J connectivity index is 1.89. The first kappa shape index (κ1) is 14.7. The molecule has 0 unspecified atom stereocenters. The van der Waals surface area contributed by atoms with E-state index in [1.807, 2.05) is 6.92 Å². The van der Waals surface area contributed by atoms with Crippen molar-refractivity contribution in [3.05, 3.63) is 5.82 Å². The van der Waals surface area contributed by atoms with Crippen molar-refractivity contribution in [1.82, 2.24) is 14.3 Å². The van der Waals surface area contributed by atoms with E-state index in [1.165, 1.54) is 11.5 Å². The smallest absolute Gasteiger partial charge is 0.205 e. The Labute approximate surface area is 119 Å². The summed E-state index contributed by atoms with van der Waals surface area (Å²) in [5.74, 6) is 0.947. The Hall–Kier alpha value is -0.720. The fourth-order valence-corrected chi connectivity index (χ4v) is 3.09. The quantitative estimate of drug-likeness (QED) is 0.885. The van der Waals surface area contributed by atoms with E-state index < -0.39 is 0 Å². The summed E-state index contributed by atoms with van der Waals surface area (Å²) in [7, 11) is 0. The molecule has 1 aliphatic heterocycles. The Kier molecular flexibility index (Phi) is 5.54. The third kappa shape index (κ3) is 4.12. The SMILES string of the molecule is CCc1nsc(N2CCCN(C[C@H](O)CC)CC2)n1. The van der Waals surface area contributed by atoms with Crippen LogP contribution in [0.15, 0.2) is 0 Å². The zero-order chi connectivity index (χ0) is 13.7. The number of aliphatic hydroxyl groups is 1. The average molecular weight is 284 g/mol. The molecule has 1 N–H and O–H groups in total. The number of hydrogen-bond donors (Lipinski definition) is 1. The van der Waals surface area contributed by atoms with Crippen molar-refractivity contribution in [2.45, 2.75) is 39.2 Å². The largest absolute Gasteiger partial charge is 0.392 e. The number of nitrogens with zero attached hydrogens (tertiary/aromatic N) is 4. The number of aromatic nitrogens is 2. The summed E-state index contributed by atoms with van der Waals surface area (Å²) >= 11 is 1.51. The van der Waals surface area contributed by atoms with Gasteiger partial charge >= 0.3 is 0 Å². The highest BCUT2D eigenvalue weighted by molar-refractivity contribution is 7.09. The summed E-state index contributed by atoms with van der Waals surface area (Å²) in [4.78, 5) is 9.25. The fourth-order valence-electron chi connectivity index (χ4n) is 2.29. The van der Waals surface area contributed by atoms with Crippen LogP contribution < -0.4 is 4.90 Å². The number of hydrogen-bond acceptors (Lipinski definition) is 6. The molecule has 19 heavy (non-hydrogen) atoms. The molecule has 1 saturated heterocycles. The van der Waals surface area contributed by atoms with E-state index in [9.17, 15) is 5.11 Å². The van der Waals surface area contributed by atoms with Gasteiger partial charge in [0.1, 0.15) is 5.82 Å². The minimum atomic E-state index is -0.195. The first-order valence-corrected chi connectivity index (χ1v) is 7.98. The summed E-state index contributed by atoms with van der Waals surface area (Å²) < 4.78 is 4.36. The van der Waals surface area contributed by atoms with E-state index in [2.05, 4.69) is 26.1 Å². The third-order valence-corrected chi connectivity index (χ3v) is 4.39. The van der Waals surface area contributed by atoms with Crippen molar-refractivity contribution in [2.24, 2.45) is 0 Å². The van der Waals surface area contributed by atoms with E-state index in [1.54, 1.807) is 0 Å². The molecule has 0 aliphatic carbocycles. The Bertz CT molecular complexity index is 384. The van der Waals surface area contributed by atoms with Crippen LogP contribution in [0.2, 0.25) is 0 Å². The second-order valence-electron chi connectivity index (χ2n) is 5.05. The second-order valence-corrected chi connectivity index (χ2v) is 5.78. The van der Waals surface area contributed by atoms with Gasteiger partial charge in [-0.3, -0.25) is 4.90 Å². The zero-order valence-electron chi connectivity index (χ0n) is 11.9. The summed E-state index contributed by atoms with van der Waals surface area (Å²) in [6.07, 6.45) is 2.66. The van der Waals surface area contributed by atoms with Gasteiger partial charge in [-0.1, -0.05) is 13.8 Å². The molecule has 1 aliphatic rings. The van der Waals surface area contributed by atoms with Crippen LogP contribution in [-0.4, -0.2) is 58.2 Å². The lowest BCUT2D eigenvalue weighted by Crippen LogP contribution is -2.35. The maximum absolute atomic E-state index is 9.74. The van der Waals surface area contributed by atoms with Gasteiger partial charge in [-0.15, -0.1) is 0 Å². The lowest BCUT2D eigenvalue weighted by atomic mass is 10.2. The van der Waals surface area contributed by atoms with Gasteiger partial charge in [0.05, 0.1) is 6.10 Å². The Morgan fingerprint density at radius 3 is 2.79 bits per heavy atom. The average Bonchev–Trinajstić information content (AvgIpc) is 2.79. The van der Waals surface area contributed by atoms with Crippen molar-refractivity contribution in [3.8, 4) is 0 Å². The molecule has 0 spiro atoms. The topological polar surface area (TPSA) is 52.5 Å². The first-order chi connectivity index (χ1) is 9.22. The summed E-state index contributed by atoms with van der Waals surface area (Å²) in [5.41, 5.74) is 0. The molecule has 6 heteroatoms. The highest BCUT2D eigenvalue weighted by Crippen LogP contribution is 2.19. The minimum Gasteiger partial charge on any atom is -0.392 e. The molecule has 1 aromatic heterocycles. The van der Waals surface area contributed by atoms with Crippen molar-refractivity contribution < 1.29 is 5.11 Å². The molecule has 2 rings (SSSR count). The maximum Gasteiger partial charge on any atom is 0.205 e. The van der Waals surface area contributed by atoms with Gasteiger partial charge in [0.2, 0.25) is 5.13 Å². The van der Waals surface area contributed by atoms with Gasteiger partial charge in [-0.2, -0.15) is 4.37 Å². The molecule has 0 amide bonds. The van der Waals surface area contributed by atoms with Gasteiger partial charge in [0.15, 0.2) is 0 Å². The lowest BCUT2D eigenvalue weighted by Gasteiger charge is -2.23. The minimum absolute atomic E-state index is 0.195. The second kappa shape index (κ2) is 7.17. The third-order valence-electron chi connectivity index (χ3n) is 3.57. The predicted molar refractivity (Wildman–Crippen MR) is 78.9 cm³/mol. The standard InChI is InChI=1S/C13H24N4OS/c1-3-11(18)10-16-6-5-7-17(9-8-16)13-14-12(4-2)15-19-13/h11,18H,3-10H2,1-2H3/t11-/m1/s1. The van der Waals surface area contributed by atoms with Crippen LogP contribution in [0, 0.1) is 0 Å². The highest BCUT2D eigenvalue weighted by atomic mass is 32.1. The molecule has 5 nitrogen and oxygen atoms in total. The number of β-amino-alcohol motifs (C(OH)–C–C–N with tert-alkyl or cyclic N) is 1. The van der Waals surface area contributed by atoms with Crippen molar-refractivity contribution >= 4 is 16.7 Å². The van der Waals surface area contributed by atoms with Crippen molar-refractivity contribution in [1.29, 1.82) is 0 Å². The molecule has 0 bridgehead atoms. The van der Waals surface area contributed by atoms with Gasteiger partial charge in [-0.05, 0) is 19.4 Å². The van der Waals surface area contributed by atoms with Crippen LogP contribution in [0.25, 0.3) is 0 Å². The molecule has 108 valence electrons. The van der Waals surface area contributed by atoms with Crippen molar-refractivity contribution in [2.75, 3.05) is 37.6 Å². The molecular formula is C13H24N4OS. The molecule has 2 heterocycles. The number of aliphatic hydroxyl groups excluding tert-OH is 1. The molecule has 1 fully saturated rings. The van der Waals surface area contributed by atoms with E-state index in [4.69, 9.17) is 0 Å². The summed E-state index contributed by atoms with van der Waals surface area (Å²) in [6, 6.07) is 0. The van der Waals surface area contributed by atoms with Crippen LogP contribution in [-0.2, 0) is 6.42 Å². The molecule has 1 atom stereocenters. The zero-order valence-corrected chi connectivity index (χ0v) is 12.7. The van der Waals surface area contributed by atoms with Crippen LogP contribution in [0.4, 0.5) is 5.13 Å². The van der Waals surface area contributed by atoms with Crippen LogP contribution in [0.1, 0.15) is 32.5 Å². The molecule has 1 aromatic rings. The van der Waals surface area contributed by atoms with Gasteiger partial charge in [-0.25, -0.2) is 4.98 Å². The summed E-state index contributed by atoms with van der Waals surface area (Å²) in [6.45, 7) is 8.99. The molecule has 0 saturated carbocycles. The maximum atomic E-state index is 9.74. The van der Waals surface area contributed by atoms with E-state index in [0.29, 0.717) is 0 Å². The summed E-state index contributed by atoms with van der Waals surface area (Å²) in [5, 5.41) is 10.8. The van der Waals surface area contributed by atoms with Gasteiger partial charge in [0.25, 0.3) is 0 Å². The Morgan fingerprint density at radius 2 is 2.11 bits per heavy atom. The van der Waals surface area contributed by atoms with Crippen molar-refractivity contribution in [3.63, 3.8) is 0 Å². The van der Waals surface area contributed by atoms with Gasteiger partial charge < -0.3 is 10.0 Å². The van der Waals surface area contributed by atoms with Crippen LogP contribution in [0.5, 0.6) is 0 Å². The van der Waals surface area contributed by atoms with E-state index in [0.717, 1.165) is 62.9 Å².